The summed E-state index contributed by atoms with van der Waals surface area (Å²) < 4.78 is 11.5. The molecule has 94 valence electrons. The molecule has 0 aromatic heterocycles. The van der Waals surface area contributed by atoms with Crippen LogP contribution in [-0.2, 0) is 4.74 Å². The molecule has 0 aliphatic rings. The molecule has 1 rings (SSSR count). The van der Waals surface area contributed by atoms with Crippen molar-refractivity contribution in [2.75, 3.05) is 0 Å². The van der Waals surface area contributed by atoms with Gasteiger partial charge >= 0.3 is 0 Å². The average Bonchev–Trinajstić information content (AvgIpc) is 2.15. The first kappa shape index (κ1) is 13.8. The second-order valence-corrected chi connectivity index (χ2v) is 4.74. The van der Waals surface area contributed by atoms with E-state index in [1.807, 2.05) is 71.0 Å². The lowest BCUT2D eigenvalue weighted by Crippen LogP contribution is -2.34. The van der Waals surface area contributed by atoms with Crippen molar-refractivity contribution in [1.29, 1.82) is 0 Å². The molecular weight excluding hydrogens is 212 g/mol. The van der Waals surface area contributed by atoms with Crippen LogP contribution >= 0.6 is 0 Å². The van der Waals surface area contributed by atoms with Crippen molar-refractivity contribution in [2.45, 2.75) is 46.5 Å². The molecule has 0 heterocycles. The van der Waals surface area contributed by atoms with Gasteiger partial charge in [0.25, 0.3) is 0 Å². The first-order valence-electron chi connectivity index (χ1n) is 6.02. The maximum atomic E-state index is 5.84. The van der Waals surface area contributed by atoms with Crippen LogP contribution in [0.25, 0.3) is 6.08 Å². The number of hydrogen-bond donors (Lipinski definition) is 0. The molecule has 2 heteroatoms. The number of allylic oxidation sites excluding steroid dienone is 1. The van der Waals surface area contributed by atoms with Gasteiger partial charge < -0.3 is 9.47 Å². The van der Waals surface area contributed by atoms with Crippen molar-refractivity contribution in [3.63, 3.8) is 0 Å². The normalized spacial score (nSPS) is 12.4. The van der Waals surface area contributed by atoms with Gasteiger partial charge in [0.1, 0.15) is 5.75 Å². The number of hydrogen-bond acceptors (Lipinski definition) is 2. The zero-order valence-electron chi connectivity index (χ0n) is 11.4. The standard InChI is InChI=1S/C15H22O2/c1-6-8-13-9-7-10-14(11-13)17-15(4,5)16-12(2)3/h6-12H,1-5H3. The highest BCUT2D eigenvalue weighted by Crippen LogP contribution is 2.22. The molecule has 0 spiro atoms. The molecule has 1 aromatic rings. The minimum absolute atomic E-state index is 0.142. The summed E-state index contributed by atoms with van der Waals surface area (Å²) in [5.41, 5.74) is 1.13. The van der Waals surface area contributed by atoms with E-state index in [0.29, 0.717) is 0 Å². The Morgan fingerprint density at radius 1 is 1.24 bits per heavy atom. The van der Waals surface area contributed by atoms with Crippen molar-refractivity contribution >= 4 is 6.08 Å². The van der Waals surface area contributed by atoms with Gasteiger partial charge in [0.2, 0.25) is 5.79 Å². The van der Waals surface area contributed by atoms with E-state index >= 15 is 0 Å². The SMILES string of the molecule is CC=Cc1cccc(OC(C)(C)OC(C)C)c1. The van der Waals surface area contributed by atoms with Gasteiger partial charge in [-0.15, -0.1) is 0 Å². The Balaban J connectivity index is 2.77. The monoisotopic (exact) mass is 234 g/mol. The van der Waals surface area contributed by atoms with E-state index < -0.39 is 5.79 Å². The van der Waals surface area contributed by atoms with E-state index in [4.69, 9.17) is 9.47 Å². The van der Waals surface area contributed by atoms with E-state index in [9.17, 15) is 0 Å². The van der Waals surface area contributed by atoms with Crippen LogP contribution in [0.3, 0.4) is 0 Å². The molecule has 0 N–H and O–H groups in total. The Kier molecular flexibility index (Phi) is 4.76. The molecule has 0 saturated heterocycles. The number of benzene rings is 1. The van der Waals surface area contributed by atoms with Crippen LogP contribution in [0.1, 0.15) is 40.2 Å². The van der Waals surface area contributed by atoms with Gasteiger partial charge in [-0.05, 0) is 38.5 Å². The average molecular weight is 234 g/mol. The molecule has 0 unspecified atom stereocenters. The molecule has 0 amide bonds. The molecule has 0 aliphatic heterocycles. The molecule has 0 bridgehead atoms. The molecule has 2 nitrogen and oxygen atoms in total. The summed E-state index contributed by atoms with van der Waals surface area (Å²) in [7, 11) is 0. The molecule has 0 aliphatic carbocycles. The molecule has 0 saturated carbocycles. The largest absolute Gasteiger partial charge is 0.463 e. The van der Waals surface area contributed by atoms with Gasteiger partial charge in [0.15, 0.2) is 0 Å². The third-order valence-electron chi connectivity index (χ3n) is 2.10. The summed E-state index contributed by atoms with van der Waals surface area (Å²) >= 11 is 0. The smallest absolute Gasteiger partial charge is 0.205 e. The topological polar surface area (TPSA) is 18.5 Å². The second-order valence-electron chi connectivity index (χ2n) is 4.74. The summed E-state index contributed by atoms with van der Waals surface area (Å²) in [4.78, 5) is 0. The first-order valence-corrected chi connectivity index (χ1v) is 6.02. The van der Waals surface area contributed by atoms with Crippen molar-refractivity contribution in [3.05, 3.63) is 35.9 Å². The Morgan fingerprint density at radius 3 is 2.53 bits per heavy atom. The van der Waals surface area contributed by atoms with Crippen LogP contribution < -0.4 is 4.74 Å². The fourth-order valence-electron chi connectivity index (χ4n) is 1.75. The number of rotatable bonds is 5. The highest BCUT2D eigenvalue weighted by molar-refractivity contribution is 5.51. The van der Waals surface area contributed by atoms with Crippen LogP contribution in [0.2, 0.25) is 0 Å². The zero-order chi connectivity index (χ0) is 12.9. The zero-order valence-corrected chi connectivity index (χ0v) is 11.4. The predicted molar refractivity (Wildman–Crippen MR) is 72.1 cm³/mol. The molecule has 0 radical (unpaired) electrons. The van der Waals surface area contributed by atoms with Crippen LogP contribution in [0.5, 0.6) is 5.75 Å². The Morgan fingerprint density at radius 2 is 1.94 bits per heavy atom. The van der Waals surface area contributed by atoms with Crippen LogP contribution in [-0.4, -0.2) is 11.9 Å². The predicted octanol–water partition coefficient (Wildman–Crippen LogP) is 4.26. The maximum absolute atomic E-state index is 5.84. The highest BCUT2D eigenvalue weighted by Gasteiger charge is 2.21. The summed E-state index contributed by atoms with van der Waals surface area (Å²) in [6.07, 6.45) is 4.20. The van der Waals surface area contributed by atoms with Crippen molar-refractivity contribution in [3.8, 4) is 5.75 Å². The minimum Gasteiger partial charge on any atom is -0.463 e. The van der Waals surface area contributed by atoms with Crippen molar-refractivity contribution in [1.82, 2.24) is 0 Å². The fourth-order valence-corrected chi connectivity index (χ4v) is 1.75. The summed E-state index contributed by atoms with van der Waals surface area (Å²) in [6, 6.07) is 7.98. The van der Waals surface area contributed by atoms with E-state index in [0.717, 1.165) is 11.3 Å². The second kappa shape index (κ2) is 5.87. The Hall–Kier alpha value is -1.28. The fraction of sp³-hybridized carbons (Fsp3) is 0.467. The van der Waals surface area contributed by atoms with E-state index in [-0.39, 0.29) is 6.10 Å². The molecule has 1 aromatic carbocycles. The molecular formula is C15H22O2. The van der Waals surface area contributed by atoms with Gasteiger partial charge in [-0.25, -0.2) is 0 Å². The number of ether oxygens (including phenoxy) is 2. The minimum atomic E-state index is -0.608. The lowest BCUT2D eigenvalue weighted by molar-refractivity contribution is -0.178. The van der Waals surface area contributed by atoms with E-state index in [2.05, 4.69) is 0 Å². The van der Waals surface area contributed by atoms with Gasteiger partial charge in [-0.2, -0.15) is 0 Å². The van der Waals surface area contributed by atoms with Gasteiger partial charge in [0.05, 0.1) is 6.10 Å². The van der Waals surface area contributed by atoms with Crippen LogP contribution in [0.4, 0.5) is 0 Å². The summed E-state index contributed by atoms with van der Waals surface area (Å²) in [5.74, 6) is 0.217. The highest BCUT2D eigenvalue weighted by atomic mass is 16.7. The lowest BCUT2D eigenvalue weighted by atomic mass is 10.2. The van der Waals surface area contributed by atoms with E-state index in [1.54, 1.807) is 0 Å². The molecule has 0 atom stereocenters. The quantitative estimate of drug-likeness (QED) is 0.709. The molecule has 17 heavy (non-hydrogen) atoms. The van der Waals surface area contributed by atoms with Gasteiger partial charge in [-0.1, -0.05) is 24.3 Å². The lowest BCUT2D eigenvalue weighted by Gasteiger charge is -2.28. The van der Waals surface area contributed by atoms with Crippen LogP contribution in [0, 0.1) is 0 Å². The first-order chi connectivity index (χ1) is 7.93. The summed E-state index contributed by atoms with van der Waals surface area (Å²) in [5, 5.41) is 0. The van der Waals surface area contributed by atoms with Gasteiger partial charge in [0, 0.05) is 13.8 Å². The van der Waals surface area contributed by atoms with Crippen molar-refractivity contribution < 1.29 is 9.47 Å². The van der Waals surface area contributed by atoms with Crippen molar-refractivity contribution in [2.24, 2.45) is 0 Å². The maximum Gasteiger partial charge on any atom is 0.205 e. The third kappa shape index (κ3) is 5.05. The molecule has 0 fully saturated rings. The Bertz CT molecular complexity index is 378. The van der Waals surface area contributed by atoms with Gasteiger partial charge in [-0.3, -0.25) is 0 Å². The summed E-state index contributed by atoms with van der Waals surface area (Å²) in [6.45, 7) is 9.85. The third-order valence-corrected chi connectivity index (χ3v) is 2.10. The Labute approximate surface area is 104 Å². The van der Waals surface area contributed by atoms with E-state index in [1.165, 1.54) is 0 Å². The van der Waals surface area contributed by atoms with Crippen LogP contribution in [0.15, 0.2) is 30.3 Å².